The Bertz CT molecular complexity index is 1930. The van der Waals surface area contributed by atoms with Crippen LogP contribution in [0, 0.1) is 18.7 Å². The van der Waals surface area contributed by atoms with Crippen molar-refractivity contribution >= 4 is 33.5 Å². The Hall–Kier alpha value is -4.82. The number of benzene rings is 3. The summed E-state index contributed by atoms with van der Waals surface area (Å²) in [7, 11) is 0. The number of anilines is 1. The molecule has 1 aliphatic rings. The Balaban J connectivity index is 1.22. The molecule has 1 amide bonds. The Morgan fingerprint density at radius 3 is 2.67 bits per heavy atom. The van der Waals surface area contributed by atoms with Crippen molar-refractivity contribution in [1.29, 1.82) is 0 Å². The maximum Gasteiger partial charge on any atom is 0.224 e. The van der Waals surface area contributed by atoms with Gasteiger partial charge >= 0.3 is 0 Å². The van der Waals surface area contributed by atoms with Gasteiger partial charge in [0.2, 0.25) is 5.91 Å². The van der Waals surface area contributed by atoms with Crippen molar-refractivity contribution in [3.63, 3.8) is 0 Å². The summed E-state index contributed by atoms with van der Waals surface area (Å²) < 4.78 is 14.7. The number of carbonyl (C=O) groups excluding carboxylic acids is 1. The van der Waals surface area contributed by atoms with E-state index in [2.05, 4.69) is 49.0 Å². The molecule has 42 heavy (non-hydrogen) atoms. The highest BCUT2D eigenvalue weighted by molar-refractivity contribution is 6.01. The van der Waals surface area contributed by atoms with E-state index in [4.69, 9.17) is 0 Å². The summed E-state index contributed by atoms with van der Waals surface area (Å²) in [4.78, 5) is 20.7. The fourth-order valence-electron chi connectivity index (χ4n) is 6.05. The number of hydrogen-bond acceptors (Lipinski definition) is 4. The van der Waals surface area contributed by atoms with Crippen LogP contribution in [0.15, 0.2) is 79.0 Å². The summed E-state index contributed by atoms with van der Waals surface area (Å²) >= 11 is 0. The summed E-state index contributed by atoms with van der Waals surface area (Å²) in [6.07, 6.45) is 4.31. The highest BCUT2D eigenvalue weighted by atomic mass is 19.1. The van der Waals surface area contributed by atoms with E-state index in [1.54, 1.807) is 18.3 Å². The normalized spacial score (nSPS) is 14.0. The van der Waals surface area contributed by atoms with Crippen molar-refractivity contribution in [2.24, 2.45) is 5.92 Å². The number of aryl methyl sites for hydroxylation is 1. The number of carbonyl (C=O) groups is 1. The van der Waals surface area contributed by atoms with E-state index in [0.717, 1.165) is 81.5 Å². The molecule has 3 aromatic heterocycles. The van der Waals surface area contributed by atoms with E-state index in [0.29, 0.717) is 23.5 Å². The summed E-state index contributed by atoms with van der Waals surface area (Å²) in [5.41, 5.74) is 8.33. The lowest BCUT2D eigenvalue weighted by molar-refractivity contribution is -0.117. The highest BCUT2D eigenvalue weighted by Crippen LogP contribution is 2.36. The third kappa shape index (κ3) is 5.05. The van der Waals surface area contributed by atoms with Gasteiger partial charge in [-0.15, -0.1) is 0 Å². The molecule has 0 radical (unpaired) electrons. The molecule has 4 heterocycles. The third-order valence-electron chi connectivity index (χ3n) is 8.14. The van der Waals surface area contributed by atoms with Crippen molar-refractivity contribution in [3.05, 3.63) is 90.4 Å². The molecule has 0 saturated carbocycles. The first-order chi connectivity index (χ1) is 20.5. The van der Waals surface area contributed by atoms with Crippen molar-refractivity contribution < 1.29 is 9.18 Å². The standard InChI is InChI=1S/C34H31FN6O/c1-20-14-23(17-24(15-20)38-32(42)16-21-8-11-36-12-9-21)22-6-7-30-28(18-22)33(41-40-30)31-19-27-25(10-13-37-34(27)39-31)26-4-2-3-5-29(26)35/h2-7,10,13-15,17-19,21,36H,8-9,11-12,16H2,1H3,(H,37,39)(H,38,42)(H,40,41). The van der Waals surface area contributed by atoms with E-state index < -0.39 is 0 Å². The first-order valence-electron chi connectivity index (χ1n) is 14.4. The molecule has 3 aromatic carbocycles. The van der Waals surface area contributed by atoms with Crippen LogP contribution in [0.25, 0.3) is 55.6 Å². The van der Waals surface area contributed by atoms with E-state index >= 15 is 0 Å². The van der Waals surface area contributed by atoms with Gasteiger partial charge in [-0.1, -0.05) is 30.3 Å². The van der Waals surface area contributed by atoms with Crippen molar-refractivity contribution in [2.45, 2.75) is 26.2 Å². The van der Waals surface area contributed by atoms with Crippen LogP contribution < -0.4 is 10.6 Å². The predicted octanol–water partition coefficient (Wildman–Crippen LogP) is 7.22. The molecule has 0 bridgehead atoms. The first-order valence-corrected chi connectivity index (χ1v) is 14.4. The Morgan fingerprint density at radius 1 is 0.952 bits per heavy atom. The van der Waals surface area contributed by atoms with Gasteiger partial charge in [0, 0.05) is 34.6 Å². The number of aromatic nitrogens is 4. The number of halogens is 1. The van der Waals surface area contributed by atoms with Gasteiger partial charge in [-0.05, 0) is 103 Å². The fourth-order valence-corrected chi connectivity index (χ4v) is 6.05. The van der Waals surface area contributed by atoms with Crippen LogP contribution in [0.3, 0.4) is 0 Å². The van der Waals surface area contributed by atoms with Gasteiger partial charge in [-0.3, -0.25) is 9.89 Å². The Morgan fingerprint density at radius 2 is 1.81 bits per heavy atom. The van der Waals surface area contributed by atoms with Gasteiger partial charge in [0.15, 0.2) is 0 Å². The average molecular weight is 559 g/mol. The van der Waals surface area contributed by atoms with Gasteiger partial charge in [-0.25, -0.2) is 9.37 Å². The summed E-state index contributed by atoms with van der Waals surface area (Å²) in [6, 6.07) is 22.9. The second-order valence-corrected chi connectivity index (χ2v) is 11.1. The van der Waals surface area contributed by atoms with Crippen LogP contribution in [0.4, 0.5) is 10.1 Å². The number of amides is 1. The maximum absolute atomic E-state index is 14.7. The minimum absolute atomic E-state index is 0.0631. The van der Waals surface area contributed by atoms with E-state index in [-0.39, 0.29) is 11.7 Å². The molecule has 0 atom stereocenters. The van der Waals surface area contributed by atoms with Crippen molar-refractivity contribution in [3.8, 4) is 33.6 Å². The summed E-state index contributed by atoms with van der Waals surface area (Å²) in [6.45, 7) is 4.00. The lowest BCUT2D eigenvalue weighted by Gasteiger charge is -2.22. The summed E-state index contributed by atoms with van der Waals surface area (Å²) in [5, 5.41) is 16.0. The Labute approximate surface area is 242 Å². The van der Waals surface area contributed by atoms with Gasteiger partial charge in [0.05, 0.1) is 11.2 Å². The number of pyridine rings is 1. The van der Waals surface area contributed by atoms with Crippen LogP contribution in [-0.4, -0.2) is 39.2 Å². The first kappa shape index (κ1) is 26.1. The number of H-pyrrole nitrogens is 2. The van der Waals surface area contributed by atoms with Gasteiger partial charge < -0.3 is 15.6 Å². The molecule has 7 rings (SSSR count). The second-order valence-electron chi connectivity index (χ2n) is 11.1. The van der Waals surface area contributed by atoms with Crippen molar-refractivity contribution in [2.75, 3.05) is 18.4 Å². The SMILES string of the molecule is Cc1cc(NC(=O)CC2CCNCC2)cc(-c2ccc3[nH]nc(-c4cc5c(-c6ccccc6F)ccnc5[nH]4)c3c2)c1. The van der Waals surface area contributed by atoms with E-state index in [1.165, 1.54) is 6.07 Å². The quantitative estimate of drug-likeness (QED) is 0.174. The largest absolute Gasteiger partial charge is 0.338 e. The third-order valence-corrected chi connectivity index (χ3v) is 8.14. The molecular weight excluding hydrogens is 527 g/mol. The summed E-state index contributed by atoms with van der Waals surface area (Å²) in [5.74, 6) is 0.218. The highest BCUT2D eigenvalue weighted by Gasteiger charge is 2.18. The van der Waals surface area contributed by atoms with Crippen LogP contribution in [0.5, 0.6) is 0 Å². The lowest BCUT2D eigenvalue weighted by atomic mass is 9.94. The number of fused-ring (bicyclic) bond motifs is 2. The van der Waals surface area contributed by atoms with Gasteiger partial charge in [-0.2, -0.15) is 5.10 Å². The van der Waals surface area contributed by atoms with Gasteiger partial charge in [0.1, 0.15) is 17.2 Å². The predicted molar refractivity (Wildman–Crippen MR) is 166 cm³/mol. The molecule has 0 spiro atoms. The number of rotatable bonds is 6. The zero-order valence-electron chi connectivity index (χ0n) is 23.3. The van der Waals surface area contributed by atoms with Crippen molar-refractivity contribution in [1.82, 2.24) is 25.5 Å². The van der Waals surface area contributed by atoms with Crippen LogP contribution in [0.2, 0.25) is 0 Å². The molecule has 1 aliphatic heterocycles. The number of nitrogens with one attached hydrogen (secondary N) is 4. The lowest BCUT2D eigenvalue weighted by Crippen LogP contribution is -2.30. The topological polar surface area (TPSA) is 98.5 Å². The van der Waals surface area contributed by atoms with Crippen LogP contribution >= 0.6 is 0 Å². The van der Waals surface area contributed by atoms with E-state index in [1.807, 2.05) is 43.3 Å². The van der Waals surface area contributed by atoms with E-state index in [9.17, 15) is 9.18 Å². The Kier molecular flexibility index (Phi) is 6.76. The minimum atomic E-state index is -0.275. The zero-order valence-corrected chi connectivity index (χ0v) is 23.3. The molecule has 0 aliphatic carbocycles. The molecule has 0 unspecified atom stereocenters. The molecule has 1 saturated heterocycles. The molecule has 210 valence electrons. The maximum atomic E-state index is 14.7. The zero-order chi connectivity index (χ0) is 28.6. The van der Waals surface area contributed by atoms with Crippen LogP contribution in [-0.2, 0) is 4.79 Å². The smallest absolute Gasteiger partial charge is 0.224 e. The number of hydrogen-bond donors (Lipinski definition) is 4. The number of aromatic amines is 2. The van der Waals surface area contributed by atoms with Gasteiger partial charge in [0.25, 0.3) is 0 Å². The number of nitrogens with zero attached hydrogens (tertiary/aromatic N) is 2. The molecule has 7 nitrogen and oxygen atoms in total. The molecule has 8 heteroatoms. The number of piperidine rings is 1. The molecular formula is C34H31FN6O. The second kappa shape index (κ2) is 10.9. The molecule has 4 N–H and O–H groups in total. The minimum Gasteiger partial charge on any atom is -0.338 e. The fraction of sp³-hybridized carbons (Fsp3) is 0.206. The molecule has 6 aromatic rings. The molecule has 1 fully saturated rings. The monoisotopic (exact) mass is 558 g/mol. The average Bonchev–Trinajstić information content (AvgIpc) is 3.61. The van der Waals surface area contributed by atoms with Crippen LogP contribution in [0.1, 0.15) is 24.8 Å².